The number of carbonyl (C=O) groups excluding carboxylic acids is 1. The molecule has 0 aliphatic heterocycles. The van der Waals surface area contributed by atoms with E-state index in [1.54, 1.807) is 0 Å². The topological polar surface area (TPSA) is 29.1 Å². The SMILES string of the molecule is C=C[C@@H]1CC[C@@H](CC)[C@@](C)(C(=O)NC(C)(C)C)C1. The molecule has 2 nitrogen and oxygen atoms in total. The van der Waals surface area contributed by atoms with Crippen LogP contribution in [0.2, 0.25) is 0 Å². The van der Waals surface area contributed by atoms with E-state index in [0.29, 0.717) is 11.8 Å². The smallest absolute Gasteiger partial charge is 0.226 e. The van der Waals surface area contributed by atoms with Crippen LogP contribution in [0, 0.1) is 17.3 Å². The van der Waals surface area contributed by atoms with Crippen molar-refractivity contribution >= 4 is 5.91 Å². The van der Waals surface area contributed by atoms with E-state index in [4.69, 9.17) is 0 Å². The molecular formula is C16H29NO. The van der Waals surface area contributed by atoms with E-state index in [9.17, 15) is 4.79 Å². The van der Waals surface area contributed by atoms with Gasteiger partial charge in [0.2, 0.25) is 5.91 Å². The lowest BCUT2D eigenvalue weighted by Gasteiger charge is -2.44. The molecule has 1 aliphatic carbocycles. The summed E-state index contributed by atoms with van der Waals surface area (Å²) < 4.78 is 0. The van der Waals surface area contributed by atoms with Gasteiger partial charge in [0, 0.05) is 11.0 Å². The lowest BCUT2D eigenvalue weighted by Crippen LogP contribution is -2.52. The van der Waals surface area contributed by atoms with E-state index >= 15 is 0 Å². The summed E-state index contributed by atoms with van der Waals surface area (Å²) in [6, 6.07) is 0. The van der Waals surface area contributed by atoms with Crippen molar-refractivity contribution in [1.82, 2.24) is 5.32 Å². The third-order valence-corrected chi connectivity index (χ3v) is 4.31. The molecular weight excluding hydrogens is 222 g/mol. The van der Waals surface area contributed by atoms with Crippen LogP contribution in [-0.4, -0.2) is 11.4 Å². The molecule has 3 atom stereocenters. The van der Waals surface area contributed by atoms with E-state index < -0.39 is 0 Å². The Kier molecular flexibility index (Phi) is 4.63. The average molecular weight is 251 g/mol. The first-order valence-electron chi connectivity index (χ1n) is 7.18. The minimum Gasteiger partial charge on any atom is -0.351 e. The summed E-state index contributed by atoms with van der Waals surface area (Å²) in [5.41, 5.74) is -0.390. The molecule has 1 rings (SSSR count). The largest absolute Gasteiger partial charge is 0.351 e. The summed E-state index contributed by atoms with van der Waals surface area (Å²) >= 11 is 0. The van der Waals surface area contributed by atoms with Gasteiger partial charge in [-0.15, -0.1) is 6.58 Å². The Morgan fingerprint density at radius 3 is 2.50 bits per heavy atom. The van der Waals surface area contributed by atoms with Crippen LogP contribution in [0.15, 0.2) is 12.7 Å². The van der Waals surface area contributed by atoms with Gasteiger partial charge in [0.1, 0.15) is 0 Å². The molecule has 0 bridgehead atoms. The molecule has 1 amide bonds. The number of amides is 1. The highest BCUT2D eigenvalue weighted by Gasteiger charge is 2.45. The zero-order valence-corrected chi connectivity index (χ0v) is 12.7. The van der Waals surface area contributed by atoms with Gasteiger partial charge in [-0.2, -0.15) is 0 Å². The molecule has 104 valence electrons. The van der Waals surface area contributed by atoms with Crippen LogP contribution in [0.5, 0.6) is 0 Å². The van der Waals surface area contributed by atoms with Gasteiger partial charge in [0.25, 0.3) is 0 Å². The Morgan fingerprint density at radius 2 is 2.06 bits per heavy atom. The third kappa shape index (κ3) is 3.37. The maximum Gasteiger partial charge on any atom is 0.226 e. The summed E-state index contributed by atoms with van der Waals surface area (Å²) in [5, 5.41) is 3.17. The van der Waals surface area contributed by atoms with Crippen LogP contribution in [0.4, 0.5) is 0 Å². The molecule has 1 aliphatic rings. The number of hydrogen-bond acceptors (Lipinski definition) is 1. The van der Waals surface area contributed by atoms with Crippen molar-refractivity contribution in [2.75, 3.05) is 0 Å². The molecule has 1 fully saturated rings. The van der Waals surface area contributed by atoms with Gasteiger partial charge in [0.15, 0.2) is 0 Å². The first kappa shape index (κ1) is 15.3. The van der Waals surface area contributed by atoms with Crippen molar-refractivity contribution in [2.45, 2.75) is 65.8 Å². The van der Waals surface area contributed by atoms with E-state index in [0.717, 1.165) is 19.3 Å². The quantitative estimate of drug-likeness (QED) is 0.757. The van der Waals surface area contributed by atoms with Gasteiger partial charge in [-0.3, -0.25) is 4.79 Å². The van der Waals surface area contributed by atoms with Crippen LogP contribution in [0.1, 0.15) is 60.3 Å². The molecule has 18 heavy (non-hydrogen) atoms. The van der Waals surface area contributed by atoms with Crippen LogP contribution >= 0.6 is 0 Å². The Morgan fingerprint density at radius 1 is 1.44 bits per heavy atom. The number of allylic oxidation sites excluding steroid dienone is 1. The summed E-state index contributed by atoms with van der Waals surface area (Å²) in [7, 11) is 0. The second-order valence-electron chi connectivity index (χ2n) is 7.00. The summed E-state index contributed by atoms with van der Waals surface area (Å²) in [4.78, 5) is 12.6. The predicted octanol–water partition coefficient (Wildman–Crippen LogP) is 3.92. The number of rotatable bonds is 3. The van der Waals surface area contributed by atoms with Gasteiger partial charge in [-0.05, 0) is 51.9 Å². The Bertz CT molecular complexity index is 316. The molecule has 0 aromatic heterocycles. The van der Waals surface area contributed by atoms with Gasteiger partial charge >= 0.3 is 0 Å². The van der Waals surface area contributed by atoms with E-state index in [2.05, 4.69) is 25.7 Å². The van der Waals surface area contributed by atoms with Crippen molar-refractivity contribution in [3.63, 3.8) is 0 Å². The number of carbonyl (C=O) groups is 1. The maximum absolute atomic E-state index is 12.6. The standard InChI is InChI=1S/C16H29NO/c1-7-12-9-10-13(8-2)16(6,11-12)14(18)17-15(3,4)5/h7,12-13H,1,8-11H2,2-6H3,(H,17,18)/t12-,13-,16+/m1/s1. The van der Waals surface area contributed by atoms with Gasteiger partial charge in [-0.25, -0.2) is 0 Å². The lowest BCUT2D eigenvalue weighted by molar-refractivity contribution is -0.137. The van der Waals surface area contributed by atoms with Crippen molar-refractivity contribution < 1.29 is 4.79 Å². The Labute approximate surface area is 112 Å². The lowest BCUT2D eigenvalue weighted by atomic mass is 9.62. The Hall–Kier alpha value is -0.790. The highest BCUT2D eigenvalue weighted by Crippen LogP contribution is 2.46. The van der Waals surface area contributed by atoms with E-state index in [-0.39, 0.29) is 16.9 Å². The fraction of sp³-hybridized carbons (Fsp3) is 0.812. The zero-order chi connectivity index (χ0) is 14.0. The maximum atomic E-state index is 12.6. The summed E-state index contributed by atoms with van der Waals surface area (Å²) in [6.07, 6.45) is 6.37. The minimum atomic E-state index is -0.237. The predicted molar refractivity (Wildman–Crippen MR) is 77.3 cm³/mol. The fourth-order valence-electron chi connectivity index (χ4n) is 3.16. The van der Waals surface area contributed by atoms with Crippen molar-refractivity contribution in [3.8, 4) is 0 Å². The van der Waals surface area contributed by atoms with Gasteiger partial charge in [-0.1, -0.05) is 26.3 Å². The monoisotopic (exact) mass is 251 g/mol. The second kappa shape index (κ2) is 5.46. The van der Waals surface area contributed by atoms with Crippen LogP contribution < -0.4 is 5.32 Å². The normalized spacial score (nSPS) is 32.9. The van der Waals surface area contributed by atoms with Crippen molar-refractivity contribution in [3.05, 3.63) is 12.7 Å². The second-order valence-corrected chi connectivity index (χ2v) is 7.00. The fourth-order valence-corrected chi connectivity index (χ4v) is 3.16. The summed E-state index contributed by atoms with van der Waals surface area (Å²) in [6.45, 7) is 14.4. The highest BCUT2D eigenvalue weighted by atomic mass is 16.2. The van der Waals surface area contributed by atoms with Crippen LogP contribution in [-0.2, 0) is 4.79 Å². The third-order valence-electron chi connectivity index (χ3n) is 4.31. The minimum absolute atomic E-state index is 0.153. The molecule has 0 unspecified atom stereocenters. The average Bonchev–Trinajstić information content (AvgIpc) is 2.26. The number of hydrogen-bond donors (Lipinski definition) is 1. The van der Waals surface area contributed by atoms with Crippen molar-refractivity contribution in [2.24, 2.45) is 17.3 Å². The molecule has 0 heterocycles. The molecule has 0 radical (unpaired) electrons. The molecule has 1 N–H and O–H groups in total. The first-order chi connectivity index (χ1) is 8.23. The van der Waals surface area contributed by atoms with E-state index in [1.165, 1.54) is 6.42 Å². The van der Waals surface area contributed by atoms with Crippen molar-refractivity contribution in [1.29, 1.82) is 0 Å². The Balaban J connectivity index is 2.89. The molecule has 2 heteroatoms. The highest BCUT2D eigenvalue weighted by molar-refractivity contribution is 5.83. The first-order valence-corrected chi connectivity index (χ1v) is 7.18. The summed E-state index contributed by atoms with van der Waals surface area (Å²) in [5.74, 6) is 1.20. The number of nitrogens with one attached hydrogen (secondary N) is 1. The molecule has 1 saturated carbocycles. The molecule has 0 aromatic rings. The molecule has 0 aromatic carbocycles. The van der Waals surface area contributed by atoms with Gasteiger partial charge in [0.05, 0.1) is 0 Å². The molecule has 0 saturated heterocycles. The van der Waals surface area contributed by atoms with E-state index in [1.807, 2.05) is 26.8 Å². The zero-order valence-electron chi connectivity index (χ0n) is 12.7. The van der Waals surface area contributed by atoms with Crippen LogP contribution in [0.3, 0.4) is 0 Å². The van der Waals surface area contributed by atoms with Gasteiger partial charge < -0.3 is 5.32 Å². The molecule has 0 spiro atoms. The van der Waals surface area contributed by atoms with Crippen LogP contribution in [0.25, 0.3) is 0 Å².